The fraction of sp³-hybridized carbons (Fsp3) is 0.783. The molecule has 9 nitrogen and oxygen atoms in total. The number of quaternary nitrogens is 1. The van der Waals surface area contributed by atoms with E-state index in [1.54, 1.807) is 6.08 Å². The summed E-state index contributed by atoms with van der Waals surface area (Å²) in [6.07, 6.45) is 45.2. The lowest BCUT2D eigenvalue weighted by Gasteiger charge is -2.24. The third kappa shape index (κ3) is 41.6. The number of nitrogens with zero attached hydrogens (tertiary/aromatic N) is 1. The van der Waals surface area contributed by atoms with Gasteiger partial charge in [-0.05, 0) is 44.9 Å². The third-order valence-electron chi connectivity index (χ3n) is 9.44. The van der Waals surface area contributed by atoms with E-state index in [-0.39, 0.29) is 19.6 Å². The van der Waals surface area contributed by atoms with E-state index in [1.807, 2.05) is 33.3 Å². The number of ether oxygens (including phenoxy) is 2. The van der Waals surface area contributed by atoms with Crippen LogP contribution in [-0.2, 0) is 32.7 Å². The summed E-state index contributed by atoms with van der Waals surface area (Å²) >= 11 is 0. The van der Waals surface area contributed by atoms with E-state index in [2.05, 4.69) is 38.2 Å². The molecular formula is C46H85NO8P+. The van der Waals surface area contributed by atoms with Crippen LogP contribution in [0.15, 0.2) is 48.6 Å². The third-order valence-corrected chi connectivity index (χ3v) is 10.4. The minimum absolute atomic E-state index is 0.0108. The predicted molar refractivity (Wildman–Crippen MR) is 233 cm³/mol. The quantitative estimate of drug-likeness (QED) is 0.0124. The molecule has 0 aromatic carbocycles. The monoisotopic (exact) mass is 811 g/mol. The van der Waals surface area contributed by atoms with Crippen molar-refractivity contribution < 1.29 is 42.1 Å². The van der Waals surface area contributed by atoms with E-state index in [4.69, 9.17) is 18.5 Å². The number of phosphoric ester groups is 1. The number of hydrogen-bond donors (Lipinski definition) is 1. The van der Waals surface area contributed by atoms with Gasteiger partial charge in [-0.25, -0.2) is 9.36 Å². The molecule has 0 bridgehead atoms. The van der Waals surface area contributed by atoms with Gasteiger partial charge in [0.15, 0.2) is 6.10 Å². The number of rotatable bonds is 40. The summed E-state index contributed by atoms with van der Waals surface area (Å²) in [6.45, 7) is 4.24. The summed E-state index contributed by atoms with van der Waals surface area (Å²) in [6, 6.07) is 0. The van der Waals surface area contributed by atoms with Crippen molar-refractivity contribution in [2.45, 2.75) is 187 Å². The number of unbranched alkanes of at least 4 members (excludes halogenated alkanes) is 21. The summed E-state index contributed by atoms with van der Waals surface area (Å²) in [5.41, 5.74) is 0. The molecule has 326 valence electrons. The smallest absolute Gasteiger partial charge is 0.458 e. The van der Waals surface area contributed by atoms with Gasteiger partial charge in [0.2, 0.25) is 0 Å². The van der Waals surface area contributed by atoms with Crippen LogP contribution in [0, 0.1) is 0 Å². The maximum atomic E-state index is 12.7. The standard InChI is InChI=1S/C46H84NO8P/c1-6-8-10-12-14-16-18-20-22-23-25-27-29-31-33-35-37-39-46(49)55-44(43-54-56(50,51)53-41-40-47(3,4)5)42-52-45(48)38-36-34-32-30-28-26-24-21-19-17-15-13-11-9-7-2/h25,27,31-34,36,38,44H,6-24,26,28-30,35,37,39-43H2,1-5H3/p+1/b27-25+,33-31+,34-32+,38-36+/t44-/m1/s1. The molecule has 1 unspecified atom stereocenters. The molecule has 56 heavy (non-hydrogen) atoms. The second kappa shape index (κ2) is 38.5. The molecule has 0 saturated heterocycles. The van der Waals surface area contributed by atoms with E-state index >= 15 is 0 Å². The van der Waals surface area contributed by atoms with Gasteiger partial charge >= 0.3 is 19.8 Å². The SMILES string of the molecule is CCCCCCCCCCC/C=C/C/C=C/CCCC(=O)O[C@H](COC(=O)/C=C/C=C/CCCCCCCCCCCCC)COP(=O)(O)OCC[N+](C)(C)C. The van der Waals surface area contributed by atoms with E-state index in [0.29, 0.717) is 17.4 Å². The summed E-state index contributed by atoms with van der Waals surface area (Å²) in [5, 5.41) is 0. The normalized spacial score (nSPS) is 14.0. The highest BCUT2D eigenvalue weighted by Crippen LogP contribution is 2.43. The zero-order chi connectivity index (χ0) is 41.4. The second-order valence-corrected chi connectivity index (χ2v) is 17.6. The molecular weight excluding hydrogens is 725 g/mol. The first-order valence-corrected chi connectivity index (χ1v) is 23.9. The molecule has 0 fully saturated rings. The highest BCUT2D eigenvalue weighted by Gasteiger charge is 2.26. The van der Waals surface area contributed by atoms with Crippen LogP contribution in [0.5, 0.6) is 0 Å². The molecule has 0 aromatic rings. The van der Waals surface area contributed by atoms with Crippen LogP contribution in [0.4, 0.5) is 0 Å². The van der Waals surface area contributed by atoms with Gasteiger partial charge in [-0.3, -0.25) is 13.8 Å². The second-order valence-electron chi connectivity index (χ2n) is 16.2. The van der Waals surface area contributed by atoms with E-state index in [0.717, 1.165) is 32.1 Å². The van der Waals surface area contributed by atoms with Gasteiger partial charge in [0.25, 0.3) is 0 Å². The minimum Gasteiger partial charge on any atom is -0.458 e. The number of carbonyl (C=O) groups is 2. The maximum Gasteiger partial charge on any atom is 0.472 e. The van der Waals surface area contributed by atoms with Crippen LogP contribution in [0.1, 0.15) is 181 Å². The van der Waals surface area contributed by atoms with E-state index in [9.17, 15) is 19.0 Å². The van der Waals surface area contributed by atoms with Crippen LogP contribution < -0.4 is 0 Å². The Bertz CT molecular complexity index is 1100. The van der Waals surface area contributed by atoms with E-state index in [1.165, 1.54) is 128 Å². The van der Waals surface area contributed by atoms with Gasteiger partial charge in [-0.2, -0.15) is 0 Å². The molecule has 0 spiro atoms. The lowest BCUT2D eigenvalue weighted by molar-refractivity contribution is -0.870. The van der Waals surface area contributed by atoms with Crippen LogP contribution in [-0.4, -0.2) is 74.9 Å². The highest BCUT2D eigenvalue weighted by molar-refractivity contribution is 7.47. The van der Waals surface area contributed by atoms with Gasteiger partial charge in [-0.15, -0.1) is 0 Å². The van der Waals surface area contributed by atoms with Crippen LogP contribution in [0.25, 0.3) is 0 Å². The van der Waals surface area contributed by atoms with Crippen LogP contribution in [0.2, 0.25) is 0 Å². The molecule has 0 amide bonds. The van der Waals surface area contributed by atoms with Crippen LogP contribution in [0.3, 0.4) is 0 Å². The molecule has 0 aliphatic heterocycles. The van der Waals surface area contributed by atoms with Crippen molar-refractivity contribution in [2.75, 3.05) is 47.5 Å². The first kappa shape index (κ1) is 54.0. The number of likely N-dealkylation sites (N-methyl/N-ethyl adjacent to an activating group) is 1. The van der Waals surface area contributed by atoms with Crippen molar-refractivity contribution in [3.63, 3.8) is 0 Å². The van der Waals surface area contributed by atoms with Crippen molar-refractivity contribution in [1.29, 1.82) is 0 Å². The molecule has 2 atom stereocenters. The molecule has 0 aliphatic carbocycles. The number of phosphoric acid groups is 1. The van der Waals surface area contributed by atoms with Crippen molar-refractivity contribution in [3.05, 3.63) is 48.6 Å². The average Bonchev–Trinajstić information content (AvgIpc) is 3.15. The molecule has 0 aliphatic rings. The Morgan fingerprint density at radius 2 is 1.09 bits per heavy atom. The molecule has 0 saturated carbocycles. The highest BCUT2D eigenvalue weighted by atomic mass is 31.2. The lowest BCUT2D eigenvalue weighted by atomic mass is 10.1. The Morgan fingerprint density at radius 3 is 1.61 bits per heavy atom. The Balaban J connectivity index is 4.51. The van der Waals surface area contributed by atoms with Crippen molar-refractivity contribution >= 4 is 19.8 Å². The number of esters is 2. The summed E-state index contributed by atoms with van der Waals surface area (Å²) in [7, 11) is 1.41. The first-order valence-electron chi connectivity index (χ1n) is 22.4. The summed E-state index contributed by atoms with van der Waals surface area (Å²) in [4.78, 5) is 35.2. The fourth-order valence-electron chi connectivity index (χ4n) is 5.91. The first-order chi connectivity index (χ1) is 27.0. The van der Waals surface area contributed by atoms with Gasteiger partial charge in [0.05, 0.1) is 27.7 Å². The Morgan fingerprint density at radius 1 is 0.607 bits per heavy atom. The molecule has 0 rings (SSSR count). The molecule has 0 radical (unpaired) electrons. The Labute approximate surface area is 343 Å². The molecule has 0 heterocycles. The summed E-state index contributed by atoms with van der Waals surface area (Å²) < 4.78 is 34.0. The molecule has 1 N–H and O–H groups in total. The summed E-state index contributed by atoms with van der Waals surface area (Å²) in [5.74, 6) is -1.10. The number of allylic oxidation sites excluding steroid dienone is 7. The lowest BCUT2D eigenvalue weighted by Crippen LogP contribution is -2.37. The van der Waals surface area contributed by atoms with Crippen molar-refractivity contribution in [1.82, 2.24) is 0 Å². The zero-order valence-electron chi connectivity index (χ0n) is 36.6. The molecule has 0 aromatic heterocycles. The number of carbonyl (C=O) groups excluding carboxylic acids is 2. The van der Waals surface area contributed by atoms with Gasteiger partial charge < -0.3 is 18.9 Å². The maximum absolute atomic E-state index is 12.7. The van der Waals surface area contributed by atoms with Crippen molar-refractivity contribution in [2.24, 2.45) is 0 Å². The topological polar surface area (TPSA) is 108 Å². The largest absolute Gasteiger partial charge is 0.472 e. The van der Waals surface area contributed by atoms with Crippen molar-refractivity contribution in [3.8, 4) is 0 Å². The van der Waals surface area contributed by atoms with Crippen LogP contribution >= 0.6 is 7.82 Å². The predicted octanol–water partition coefficient (Wildman–Crippen LogP) is 12.7. The molecule has 10 heteroatoms. The fourth-order valence-corrected chi connectivity index (χ4v) is 6.65. The number of hydrogen-bond acceptors (Lipinski definition) is 7. The van der Waals surface area contributed by atoms with Gasteiger partial charge in [0.1, 0.15) is 19.8 Å². The Kier molecular flexibility index (Phi) is 37.1. The van der Waals surface area contributed by atoms with Gasteiger partial charge in [-0.1, -0.05) is 172 Å². The minimum atomic E-state index is -4.40. The average molecular weight is 811 g/mol. The Hall–Kier alpha value is -2.03. The van der Waals surface area contributed by atoms with E-state index < -0.39 is 32.5 Å². The zero-order valence-corrected chi connectivity index (χ0v) is 37.5. The van der Waals surface area contributed by atoms with Gasteiger partial charge in [0, 0.05) is 12.5 Å².